The molecule has 1 aliphatic carbocycles. The van der Waals surface area contributed by atoms with E-state index in [4.69, 9.17) is 19.7 Å². The maximum Gasteiger partial charge on any atom is 0.163 e. The second-order valence-electron chi connectivity index (χ2n) is 10.7. The molecule has 2 aliphatic rings. The van der Waals surface area contributed by atoms with E-state index >= 15 is 0 Å². The number of aryl methyl sites for hydroxylation is 1. The summed E-state index contributed by atoms with van der Waals surface area (Å²) in [6.07, 6.45) is 3.08. The Bertz CT molecular complexity index is 1590. The Morgan fingerprint density at radius 3 is 2.66 bits per heavy atom. The summed E-state index contributed by atoms with van der Waals surface area (Å²) in [6.45, 7) is 8.33. The number of rotatable bonds is 3. The molecule has 1 saturated heterocycles. The number of ether oxygens (including phenoxy) is 2. The smallest absolute Gasteiger partial charge is 0.163 e. The molecule has 0 amide bonds. The van der Waals surface area contributed by atoms with E-state index in [1.54, 1.807) is 15.4 Å². The summed E-state index contributed by atoms with van der Waals surface area (Å²) in [5, 5.41) is 22.4. The first-order chi connectivity index (χ1) is 18.3. The zero-order valence-electron chi connectivity index (χ0n) is 22.0. The van der Waals surface area contributed by atoms with Gasteiger partial charge in [-0.25, -0.2) is 4.98 Å². The molecule has 1 saturated carbocycles. The largest absolute Gasteiger partial charge is 0.396 e. The number of aromatic nitrogens is 6. The van der Waals surface area contributed by atoms with E-state index in [1.807, 2.05) is 56.3 Å². The first kappa shape index (κ1) is 24.7. The molecule has 2 fully saturated rings. The van der Waals surface area contributed by atoms with Gasteiger partial charge in [-0.2, -0.15) is 14.3 Å². The van der Waals surface area contributed by atoms with Crippen LogP contribution in [0, 0.1) is 18.8 Å². The van der Waals surface area contributed by atoms with E-state index in [1.165, 1.54) is 5.56 Å². The maximum atomic E-state index is 9.17. The lowest BCUT2D eigenvalue weighted by molar-refractivity contribution is -0.162. The molecule has 0 unspecified atom stereocenters. The molecular formula is C29H32N6O3. The first-order valence-corrected chi connectivity index (χ1v) is 13.0. The second kappa shape index (κ2) is 9.58. The maximum absolute atomic E-state index is 9.17. The average molecular weight is 513 g/mol. The molecule has 4 atom stereocenters. The number of hydrogen-bond acceptors (Lipinski definition) is 7. The van der Waals surface area contributed by atoms with Gasteiger partial charge in [0.25, 0.3) is 0 Å². The normalized spacial score (nSPS) is 23.9. The van der Waals surface area contributed by atoms with Crippen molar-refractivity contribution in [2.45, 2.75) is 52.1 Å². The molecule has 0 spiro atoms. The molecule has 1 N–H and O–H groups in total. The predicted molar refractivity (Wildman–Crippen MR) is 144 cm³/mol. The van der Waals surface area contributed by atoms with Gasteiger partial charge in [0.1, 0.15) is 5.52 Å². The van der Waals surface area contributed by atoms with E-state index in [0.717, 1.165) is 40.2 Å². The average Bonchev–Trinajstić information content (AvgIpc) is 3.66. The van der Waals surface area contributed by atoms with Crippen LogP contribution in [-0.2, 0) is 9.47 Å². The zero-order chi connectivity index (χ0) is 26.4. The number of benzene rings is 2. The third-order valence-electron chi connectivity index (χ3n) is 7.32. The summed E-state index contributed by atoms with van der Waals surface area (Å²) in [6, 6.07) is 20.0. The number of aliphatic hydroxyl groups excluding tert-OH is 1. The zero-order valence-corrected chi connectivity index (χ0v) is 22.0. The molecule has 5 aromatic rings. The molecule has 9 nitrogen and oxygen atoms in total. The quantitative estimate of drug-likeness (QED) is 0.377. The van der Waals surface area contributed by atoms with Crippen LogP contribution in [0.25, 0.3) is 33.8 Å². The molecule has 3 aromatic heterocycles. The van der Waals surface area contributed by atoms with Crippen molar-refractivity contribution in [2.24, 2.45) is 11.8 Å². The van der Waals surface area contributed by atoms with Crippen molar-refractivity contribution in [1.82, 2.24) is 29.6 Å². The van der Waals surface area contributed by atoms with Crippen molar-refractivity contribution in [2.75, 3.05) is 6.61 Å². The highest BCUT2D eigenvalue weighted by atomic mass is 16.8. The third-order valence-corrected chi connectivity index (χ3v) is 7.32. The van der Waals surface area contributed by atoms with Crippen molar-refractivity contribution in [3.8, 4) is 17.1 Å². The minimum atomic E-state index is -0.461. The molecule has 4 heterocycles. The van der Waals surface area contributed by atoms with Gasteiger partial charge >= 0.3 is 0 Å². The van der Waals surface area contributed by atoms with Crippen LogP contribution in [0.4, 0.5) is 0 Å². The van der Waals surface area contributed by atoms with Gasteiger partial charge in [-0.1, -0.05) is 48.0 Å². The Kier molecular flexibility index (Phi) is 6.22. The van der Waals surface area contributed by atoms with Crippen LogP contribution in [0.3, 0.4) is 0 Å². The van der Waals surface area contributed by atoms with Gasteiger partial charge in [0.2, 0.25) is 0 Å². The number of fused-ring (bicyclic) bond motifs is 3. The molecular weight excluding hydrogens is 480 g/mol. The summed E-state index contributed by atoms with van der Waals surface area (Å²) >= 11 is 0. The van der Waals surface area contributed by atoms with E-state index in [2.05, 4.69) is 47.3 Å². The highest BCUT2D eigenvalue weighted by Gasteiger charge is 2.51. The van der Waals surface area contributed by atoms with Crippen LogP contribution in [-0.4, -0.2) is 59.3 Å². The van der Waals surface area contributed by atoms with Gasteiger partial charge in [-0.3, -0.25) is 0 Å². The Balaban J connectivity index is 0.000000171. The van der Waals surface area contributed by atoms with E-state index < -0.39 is 5.79 Å². The summed E-state index contributed by atoms with van der Waals surface area (Å²) < 4.78 is 15.1. The summed E-state index contributed by atoms with van der Waals surface area (Å²) in [7, 11) is 0. The molecule has 196 valence electrons. The minimum Gasteiger partial charge on any atom is -0.396 e. The van der Waals surface area contributed by atoms with Crippen LogP contribution in [0.1, 0.15) is 32.8 Å². The lowest BCUT2D eigenvalue weighted by Gasteiger charge is -2.21. The van der Waals surface area contributed by atoms with Crippen LogP contribution in [0.15, 0.2) is 66.9 Å². The topological polar surface area (TPSA) is 99.6 Å². The molecule has 0 bridgehead atoms. The number of aliphatic hydroxyl groups is 1. The molecule has 7 rings (SSSR count). The minimum absolute atomic E-state index is 0.106. The Hall–Kier alpha value is -3.66. The fourth-order valence-electron chi connectivity index (χ4n) is 5.57. The van der Waals surface area contributed by atoms with Crippen LogP contribution < -0.4 is 0 Å². The number of hydrogen-bond donors (Lipinski definition) is 1. The Morgan fingerprint density at radius 2 is 1.84 bits per heavy atom. The molecule has 0 radical (unpaired) electrons. The number of nitrogens with zero attached hydrogens (tertiary/aromatic N) is 6. The standard InChI is InChI=1S/C19H14N6.C10H18O3/c1-13-5-4-6-14(11-13)16-12-18-20-10-9-19(25(18)22-16)24-17-8-3-2-7-15(17)21-23-24;1-6-4-7(5-11)9-8(6)12-10(2,3)13-9/h2-12H,1H3;6-9,11H,4-5H2,1-3H3/t;6-,7-,8+,9-/m.1/s1. The Morgan fingerprint density at radius 1 is 1.03 bits per heavy atom. The fourth-order valence-corrected chi connectivity index (χ4v) is 5.57. The van der Waals surface area contributed by atoms with Gasteiger partial charge < -0.3 is 14.6 Å². The van der Waals surface area contributed by atoms with Crippen LogP contribution >= 0.6 is 0 Å². The van der Waals surface area contributed by atoms with Crippen molar-refractivity contribution in [1.29, 1.82) is 0 Å². The fraction of sp³-hybridized carbons (Fsp3) is 0.379. The lowest BCUT2D eigenvalue weighted by Crippen LogP contribution is -2.26. The van der Waals surface area contributed by atoms with E-state index in [-0.39, 0.29) is 24.7 Å². The van der Waals surface area contributed by atoms with Crippen molar-refractivity contribution in [3.63, 3.8) is 0 Å². The lowest BCUT2D eigenvalue weighted by atomic mass is 10.1. The van der Waals surface area contributed by atoms with Crippen LogP contribution in [0.2, 0.25) is 0 Å². The monoisotopic (exact) mass is 512 g/mol. The molecule has 9 heteroatoms. The van der Waals surface area contributed by atoms with Crippen molar-refractivity contribution >= 4 is 16.7 Å². The SMILES string of the molecule is C[C@@H]1C[C@H](CO)[C@H]2OC(C)(C)O[C@H]21.Cc1cccc(-c2cc3nccc(-n4nnc5ccccc54)n3n2)c1. The third kappa shape index (κ3) is 4.47. The van der Waals surface area contributed by atoms with Crippen molar-refractivity contribution in [3.05, 3.63) is 72.4 Å². The summed E-state index contributed by atoms with van der Waals surface area (Å²) in [4.78, 5) is 4.44. The molecule has 1 aliphatic heterocycles. The van der Waals surface area contributed by atoms with E-state index in [9.17, 15) is 0 Å². The number of para-hydroxylation sites is 1. The second-order valence-corrected chi connectivity index (χ2v) is 10.7. The summed E-state index contributed by atoms with van der Waals surface area (Å²) in [5.41, 5.74) is 5.70. The van der Waals surface area contributed by atoms with Crippen LogP contribution in [0.5, 0.6) is 0 Å². The van der Waals surface area contributed by atoms with Gasteiger partial charge in [0.05, 0.1) is 23.4 Å². The predicted octanol–water partition coefficient (Wildman–Crippen LogP) is 4.59. The van der Waals surface area contributed by atoms with E-state index in [0.29, 0.717) is 5.92 Å². The molecule has 2 aromatic carbocycles. The first-order valence-electron chi connectivity index (χ1n) is 13.0. The van der Waals surface area contributed by atoms with Gasteiger partial charge in [0, 0.05) is 36.4 Å². The highest BCUT2D eigenvalue weighted by molar-refractivity contribution is 5.76. The molecule has 38 heavy (non-hydrogen) atoms. The summed E-state index contributed by atoms with van der Waals surface area (Å²) in [5.74, 6) is 1.11. The van der Waals surface area contributed by atoms with Gasteiger partial charge in [-0.15, -0.1) is 5.10 Å². The van der Waals surface area contributed by atoms with Crippen molar-refractivity contribution < 1.29 is 14.6 Å². The van der Waals surface area contributed by atoms with Gasteiger partial charge in [-0.05, 0) is 51.3 Å². The highest BCUT2D eigenvalue weighted by Crippen LogP contribution is 2.44. The Labute approximate surface area is 221 Å². The van der Waals surface area contributed by atoms with Gasteiger partial charge in [0.15, 0.2) is 17.3 Å².